The third kappa shape index (κ3) is 6.62. The number of hydrogen-bond acceptors (Lipinski definition) is 11. The molecule has 0 atom stereocenters. The van der Waals surface area contributed by atoms with E-state index < -0.39 is 5.91 Å². The van der Waals surface area contributed by atoms with Crippen molar-refractivity contribution >= 4 is 73.1 Å². The van der Waals surface area contributed by atoms with Crippen LogP contribution in [0.4, 0.5) is 11.5 Å². The number of amides is 1. The quantitative estimate of drug-likeness (QED) is 0.119. The summed E-state index contributed by atoms with van der Waals surface area (Å²) >= 11 is 5.04. The number of rotatable bonds is 9. The molecule has 0 aliphatic carbocycles. The Balaban J connectivity index is 1.02. The first-order valence-corrected chi connectivity index (χ1v) is 17.1. The number of aryl methyl sites for hydroxylation is 1. The van der Waals surface area contributed by atoms with Gasteiger partial charge in [-0.2, -0.15) is 5.26 Å². The number of carbonyl (C=O) groups is 1. The smallest absolute Gasteiger partial charge is 0.261 e. The molecule has 1 amide bonds. The van der Waals surface area contributed by atoms with Crippen LogP contribution in [-0.2, 0) is 11.3 Å². The van der Waals surface area contributed by atoms with Gasteiger partial charge >= 0.3 is 0 Å². The van der Waals surface area contributed by atoms with E-state index in [1.807, 2.05) is 34.9 Å². The lowest BCUT2D eigenvalue weighted by atomic mass is 10.0. The van der Waals surface area contributed by atoms with Crippen molar-refractivity contribution in [2.45, 2.75) is 23.0 Å². The van der Waals surface area contributed by atoms with Crippen molar-refractivity contribution in [2.24, 2.45) is 0 Å². The molecule has 48 heavy (non-hydrogen) atoms. The number of anilines is 2. The lowest BCUT2D eigenvalue weighted by Gasteiger charge is -2.34. The van der Waals surface area contributed by atoms with E-state index in [1.165, 1.54) is 23.8 Å². The average molecular weight is 727 g/mol. The van der Waals surface area contributed by atoms with Crippen LogP contribution in [0.5, 0.6) is 11.5 Å². The van der Waals surface area contributed by atoms with Gasteiger partial charge in [-0.05, 0) is 82.1 Å². The molecule has 4 heterocycles. The number of fused-ring (bicyclic) bond motifs is 3. The first kappa shape index (κ1) is 31.7. The number of carbonyl (C=O) groups excluding carboxylic acids is 1. The van der Waals surface area contributed by atoms with Crippen LogP contribution in [0.3, 0.4) is 0 Å². The van der Waals surface area contributed by atoms with Crippen molar-refractivity contribution in [1.29, 1.82) is 5.26 Å². The van der Waals surface area contributed by atoms with Gasteiger partial charge in [0.15, 0.2) is 33.6 Å². The zero-order valence-electron chi connectivity index (χ0n) is 26.1. The summed E-state index contributed by atoms with van der Waals surface area (Å²) in [7, 11) is 2.15. The van der Waals surface area contributed by atoms with Gasteiger partial charge in [-0.15, -0.1) is 0 Å². The summed E-state index contributed by atoms with van der Waals surface area (Å²) in [5, 5.41) is 15.6. The number of nitriles is 1. The Labute approximate surface area is 289 Å². The van der Waals surface area contributed by atoms with Crippen LogP contribution in [0.1, 0.15) is 12.0 Å². The molecule has 2 aliphatic heterocycles. The minimum atomic E-state index is -0.427. The van der Waals surface area contributed by atoms with Gasteiger partial charge in [-0.1, -0.05) is 30.0 Å². The molecule has 0 radical (unpaired) electrons. The highest BCUT2D eigenvalue weighted by atomic mass is 79.9. The third-order valence-corrected chi connectivity index (χ3v) is 10.4. The Kier molecular flexibility index (Phi) is 9.07. The fourth-order valence-electron chi connectivity index (χ4n) is 5.74. The van der Waals surface area contributed by atoms with Crippen molar-refractivity contribution in [3.63, 3.8) is 0 Å². The summed E-state index contributed by atoms with van der Waals surface area (Å²) in [6.45, 7) is 5.11. The van der Waals surface area contributed by atoms with Crippen LogP contribution in [0.2, 0.25) is 0 Å². The predicted octanol–water partition coefficient (Wildman–Crippen LogP) is 5.07. The lowest BCUT2D eigenvalue weighted by Crippen LogP contribution is -2.44. The number of halogens is 1. The standard InChI is InChI=1S/C34H32BrN9O3S/c1-42-9-11-43(12-10-42)25-6-5-22-13-21(3-4-23(22)15-25)14-24(18-36)33(45)38-7-2-8-44-32-30(31(37)39-19-40-32)41-34(44)48-29-17-28-27(16-26(29)35)46-20-47-28/h3-6,13-17,19H,2,7-12,20H2,1H3,(H,38,45)(H2,37,39,40). The third-order valence-electron chi connectivity index (χ3n) is 8.39. The zero-order valence-corrected chi connectivity index (χ0v) is 28.6. The van der Waals surface area contributed by atoms with Gasteiger partial charge in [0.05, 0.1) is 0 Å². The van der Waals surface area contributed by atoms with Crippen LogP contribution in [0.25, 0.3) is 28.0 Å². The number of nitrogens with zero attached hydrogens (tertiary/aromatic N) is 7. The highest BCUT2D eigenvalue weighted by Gasteiger charge is 2.21. The Morgan fingerprint density at radius 3 is 2.67 bits per heavy atom. The molecule has 12 nitrogen and oxygen atoms in total. The molecular formula is C34H32BrN9O3S. The van der Waals surface area contributed by atoms with Gasteiger partial charge in [-0.25, -0.2) is 15.0 Å². The van der Waals surface area contributed by atoms with Gasteiger partial charge in [0.1, 0.15) is 18.0 Å². The van der Waals surface area contributed by atoms with Crippen LogP contribution in [0, 0.1) is 11.3 Å². The number of likely N-dealkylation sites (N-methyl/N-ethyl adjacent to an activating group) is 1. The molecule has 244 valence electrons. The van der Waals surface area contributed by atoms with E-state index in [4.69, 9.17) is 20.2 Å². The van der Waals surface area contributed by atoms with Gasteiger partial charge in [0.25, 0.3) is 5.91 Å². The molecule has 0 spiro atoms. The van der Waals surface area contributed by atoms with Crippen molar-refractivity contribution < 1.29 is 14.3 Å². The topological polar surface area (TPSA) is 147 Å². The Morgan fingerprint density at radius 2 is 1.85 bits per heavy atom. The maximum Gasteiger partial charge on any atom is 0.261 e. The number of benzene rings is 3. The fourth-order valence-corrected chi connectivity index (χ4v) is 7.25. The molecule has 2 aromatic heterocycles. The molecule has 0 saturated carbocycles. The van der Waals surface area contributed by atoms with E-state index in [1.54, 1.807) is 6.08 Å². The fraction of sp³-hybridized carbons (Fsp3) is 0.265. The van der Waals surface area contributed by atoms with E-state index >= 15 is 0 Å². The van der Waals surface area contributed by atoms with Gasteiger partial charge in [-0.3, -0.25) is 4.79 Å². The van der Waals surface area contributed by atoms with Crippen molar-refractivity contribution in [1.82, 2.24) is 29.7 Å². The van der Waals surface area contributed by atoms with Gasteiger partial charge in [0, 0.05) is 54.3 Å². The number of nitrogens with two attached hydrogens (primary N) is 1. The van der Waals surface area contributed by atoms with E-state index in [0.717, 1.165) is 51.9 Å². The second-order valence-corrected chi connectivity index (χ2v) is 13.4. The first-order valence-electron chi connectivity index (χ1n) is 15.5. The van der Waals surface area contributed by atoms with Crippen LogP contribution in [-0.4, -0.2) is 76.9 Å². The number of piperazine rings is 1. The molecule has 5 aromatic rings. The Bertz CT molecular complexity index is 2100. The lowest BCUT2D eigenvalue weighted by molar-refractivity contribution is -0.117. The zero-order chi connectivity index (χ0) is 33.2. The molecule has 1 fully saturated rings. The van der Waals surface area contributed by atoms with Gasteiger partial charge < -0.3 is 34.9 Å². The van der Waals surface area contributed by atoms with E-state index in [2.05, 4.69) is 72.3 Å². The number of aromatic nitrogens is 4. The van der Waals surface area contributed by atoms with Gasteiger partial charge in [0.2, 0.25) is 6.79 Å². The molecule has 3 N–H and O–H groups in total. The summed E-state index contributed by atoms with van der Waals surface area (Å²) in [6, 6.07) is 18.2. The maximum atomic E-state index is 13.0. The highest BCUT2D eigenvalue weighted by molar-refractivity contribution is 9.10. The van der Waals surface area contributed by atoms with Crippen LogP contribution in [0.15, 0.2) is 75.0 Å². The Morgan fingerprint density at radius 1 is 1.08 bits per heavy atom. The minimum Gasteiger partial charge on any atom is -0.454 e. The number of hydrogen-bond donors (Lipinski definition) is 2. The molecule has 2 aliphatic rings. The van der Waals surface area contributed by atoms with E-state index in [-0.39, 0.29) is 18.2 Å². The molecule has 0 unspecified atom stereocenters. The number of ether oxygens (including phenoxy) is 2. The SMILES string of the molecule is CN1CCN(c2ccc3cc(C=C(C#N)C(=O)NCCCn4c(Sc5cc6c(cc5Br)OCO6)nc5c(N)ncnc54)ccc3c2)CC1. The highest BCUT2D eigenvalue weighted by Crippen LogP contribution is 2.43. The second-order valence-electron chi connectivity index (χ2n) is 11.6. The normalized spacial score (nSPS) is 14.9. The summed E-state index contributed by atoms with van der Waals surface area (Å²) in [6.07, 6.45) is 3.59. The summed E-state index contributed by atoms with van der Waals surface area (Å²) < 4.78 is 13.8. The molecule has 14 heteroatoms. The van der Waals surface area contributed by atoms with E-state index in [0.29, 0.717) is 47.3 Å². The van der Waals surface area contributed by atoms with E-state index in [9.17, 15) is 10.1 Å². The summed E-state index contributed by atoms with van der Waals surface area (Å²) in [5.41, 5.74) is 9.28. The molecule has 7 rings (SSSR count). The van der Waals surface area contributed by atoms with Crippen molar-refractivity contribution in [3.8, 4) is 17.6 Å². The van der Waals surface area contributed by atoms with Crippen LogP contribution < -0.4 is 25.4 Å². The molecule has 3 aromatic carbocycles. The second kappa shape index (κ2) is 13.7. The maximum absolute atomic E-state index is 13.0. The number of nitrogens with one attached hydrogen (secondary N) is 1. The average Bonchev–Trinajstić information content (AvgIpc) is 3.70. The summed E-state index contributed by atoms with van der Waals surface area (Å²) in [5.74, 6) is 1.19. The van der Waals surface area contributed by atoms with Crippen molar-refractivity contribution in [3.05, 3.63) is 70.5 Å². The molecule has 1 saturated heterocycles. The largest absolute Gasteiger partial charge is 0.454 e. The molecular weight excluding hydrogens is 694 g/mol. The summed E-state index contributed by atoms with van der Waals surface area (Å²) in [4.78, 5) is 31.9. The number of nitrogen functional groups attached to an aromatic ring is 1. The first-order chi connectivity index (χ1) is 23.4. The Hall–Kier alpha value is -4.84. The monoisotopic (exact) mass is 725 g/mol. The van der Waals surface area contributed by atoms with Crippen molar-refractivity contribution in [2.75, 3.05) is 57.2 Å². The molecule has 0 bridgehead atoms. The predicted molar refractivity (Wildman–Crippen MR) is 189 cm³/mol. The van der Waals surface area contributed by atoms with Crippen LogP contribution >= 0.6 is 27.7 Å². The minimum absolute atomic E-state index is 0.0425. The number of imidazole rings is 1.